The molecule has 1 fully saturated rings. The van der Waals surface area contributed by atoms with E-state index in [0.717, 1.165) is 5.56 Å². The number of alkyl halides is 3. The van der Waals surface area contributed by atoms with Crippen LogP contribution in [0.5, 0.6) is 0 Å². The van der Waals surface area contributed by atoms with Crippen LogP contribution in [0.2, 0.25) is 0 Å². The van der Waals surface area contributed by atoms with Crippen LogP contribution in [-0.4, -0.2) is 46.9 Å². The van der Waals surface area contributed by atoms with Gasteiger partial charge >= 0.3 is 0 Å². The molecule has 3 N–H and O–H groups in total. The van der Waals surface area contributed by atoms with Gasteiger partial charge in [-0.25, -0.2) is 8.42 Å². The molecule has 0 unspecified atom stereocenters. The maximum atomic E-state index is 12.1. The lowest BCUT2D eigenvalue weighted by molar-refractivity contribution is -0.117. The van der Waals surface area contributed by atoms with Crippen LogP contribution in [0.1, 0.15) is 12.0 Å². The Morgan fingerprint density at radius 3 is 2.44 bits per heavy atom. The number of carbonyl (C=O) groups excluding carboxylic acids is 1. The summed E-state index contributed by atoms with van der Waals surface area (Å²) in [5.74, 6) is -0.407. The van der Waals surface area contributed by atoms with Gasteiger partial charge in [-0.2, -0.15) is 0 Å². The van der Waals surface area contributed by atoms with Crippen molar-refractivity contribution in [3.05, 3.63) is 42.0 Å². The Balaban J connectivity index is 1.93. The fraction of sp³-hybridized carbons (Fsp3) is 0.375. The Kier molecular flexibility index (Phi) is 7.76. The summed E-state index contributed by atoms with van der Waals surface area (Å²) in [6, 6.07) is 8.91. The molecular weight excluding hydrogens is 453 g/mol. The zero-order valence-electron chi connectivity index (χ0n) is 14.0. The lowest BCUT2D eigenvalue weighted by atomic mass is 10.2. The standard InChI is InChI=1S/C16H18Cl3N3O3S2/c17-16(18,19)14(21-13(23)7-6-11-4-2-1-3-5-11)22-15(26)20-12-8-9-27(24,25)10-12/h1-7,12,14H,8-10H2,(H,21,23)(H2,20,22,26)/b7-6+/t12-,14+/m0/s1. The van der Waals surface area contributed by atoms with Crippen LogP contribution < -0.4 is 16.0 Å². The summed E-state index contributed by atoms with van der Waals surface area (Å²) in [5.41, 5.74) is 0.839. The minimum Gasteiger partial charge on any atom is -0.359 e. The van der Waals surface area contributed by atoms with Gasteiger partial charge in [-0.15, -0.1) is 0 Å². The molecule has 1 heterocycles. The van der Waals surface area contributed by atoms with E-state index < -0.39 is 25.7 Å². The highest BCUT2D eigenvalue weighted by Crippen LogP contribution is 2.29. The number of carbonyl (C=O) groups is 1. The molecule has 1 aliphatic heterocycles. The van der Waals surface area contributed by atoms with Crippen LogP contribution in [0, 0.1) is 0 Å². The van der Waals surface area contributed by atoms with Gasteiger partial charge in [0.25, 0.3) is 0 Å². The van der Waals surface area contributed by atoms with Crippen molar-refractivity contribution in [1.29, 1.82) is 0 Å². The van der Waals surface area contributed by atoms with Gasteiger partial charge in [-0.1, -0.05) is 65.1 Å². The van der Waals surface area contributed by atoms with Gasteiger partial charge in [0.1, 0.15) is 6.17 Å². The summed E-state index contributed by atoms with van der Waals surface area (Å²) < 4.78 is 21.1. The third-order valence-corrected chi connectivity index (χ3v) is 6.34. The molecule has 1 amide bonds. The average molecular weight is 471 g/mol. The van der Waals surface area contributed by atoms with Crippen LogP contribution in [-0.2, 0) is 14.6 Å². The highest BCUT2D eigenvalue weighted by Gasteiger charge is 2.35. The molecule has 0 aliphatic carbocycles. The number of thiocarbonyl (C=S) groups is 1. The number of rotatable bonds is 5. The molecule has 1 saturated heterocycles. The first-order valence-corrected chi connectivity index (χ1v) is 11.3. The number of hydrogen-bond donors (Lipinski definition) is 3. The second kappa shape index (κ2) is 9.43. The van der Waals surface area contributed by atoms with E-state index in [2.05, 4.69) is 16.0 Å². The molecule has 1 aromatic carbocycles. The van der Waals surface area contributed by atoms with E-state index in [9.17, 15) is 13.2 Å². The van der Waals surface area contributed by atoms with E-state index >= 15 is 0 Å². The van der Waals surface area contributed by atoms with Gasteiger partial charge in [0.05, 0.1) is 11.5 Å². The fourth-order valence-electron chi connectivity index (χ4n) is 2.39. The predicted octanol–water partition coefficient (Wildman–Crippen LogP) is 2.16. The predicted molar refractivity (Wildman–Crippen MR) is 114 cm³/mol. The highest BCUT2D eigenvalue weighted by atomic mass is 35.6. The topological polar surface area (TPSA) is 87.3 Å². The average Bonchev–Trinajstić information content (AvgIpc) is 2.91. The zero-order chi connectivity index (χ0) is 20.1. The molecular formula is C16H18Cl3N3O3S2. The summed E-state index contributed by atoms with van der Waals surface area (Å²) in [4.78, 5) is 12.1. The number of sulfone groups is 1. The lowest BCUT2D eigenvalue weighted by Gasteiger charge is -2.28. The summed E-state index contributed by atoms with van der Waals surface area (Å²) in [6.07, 6.45) is 2.24. The number of amides is 1. The number of nitrogens with one attached hydrogen (secondary N) is 3. The molecule has 2 rings (SSSR count). The maximum Gasteiger partial charge on any atom is 0.245 e. The van der Waals surface area contributed by atoms with Gasteiger partial charge in [0.2, 0.25) is 9.70 Å². The Labute approximate surface area is 178 Å². The van der Waals surface area contributed by atoms with Crippen molar-refractivity contribution < 1.29 is 13.2 Å². The van der Waals surface area contributed by atoms with Crippen molar-refractivity contribution in [3.8, 4) is 0 Å². The van der Waals surface area contributed by atoms with Gasteiger partial charge in [0.15, 0.2) is 14.9 Å². The van der Waals surface area contributed by atoms with Gasteiger partial charge in [-0.05, 0) is 30.3 Å². The Morgan fingerprint density at radius 2 is 1.89 bits per heavy atom. The van der Waals surface area contributed by atoms with Crippen molar-refractivity contribution >= 4 is 74.0 Å². The zero-order valence-corrected chi connectivity index (χ0v) is 17.9. The number of benzene rings is 1. The Bertz CT molecular complexity index is 811. The molecule has 11 heteroatoms. The summed E-state index contributed by atoms with van der Waals surface area (Å²) in [6.45, 7) is 0. The summed E-state index contributed by atoms with van der Waals surface area (Å²) >= 11 is 22.9. The van der Waals surface area contributed by atoms with Gasteiger partial charge in [0, 0.05) is 12.1 Å². The molecule has 1 aliphatic rings. The molecule has 0 bridgehead atoms. The van der Waals surface area contributed by atoms with Gasteiger partial charge < -0.3 is 16.0 Å². The van der Waals surface area contributed by atoms with Crippen molar-refractivity contribution in [1.82, 2.24) is 16.0 Å². The second-order valence-electron chi connectivity index (χ2n) is 5.94. The Morgan fingerprint density at radius 1 is 1.22 bits per heavy atom. The number of hydrogen-bond acceptors (Lipinski definition) is 4. The van der Waals surface area contributed by atoms with Crippen molar-refractivity contribution in [2.75, 3.05) is 11.5 Å². The first kappa shape index (κ1) is 22.2. The van der Waals surface area contributed by atoms with Crippen LogP contribution in [0.25, 0.3) is 6.08 Å². The summed E-state index contributed by atoms with van der Waals surface area (Å²) in [7, 11) is -3.06. The normalized spacial score (nSPS) is 20.2. The fourth-order valence-corrected chi connectivity index (χ4v) is 4.68. The summed E-state index contributed by atoms with van der Waals surface area (Å²) in [5, 5.41) is 8.17. The first-order chi connectivity index (χ1) is 12.5. The van der Waals surface area contributed by atoms with E-state index in [1.165, 1.54) is 6.08 Å². The quantitative estimate of drug-likeness (QED) is 0.265. The lowest BCUT2D eigenvalue weighted by Crippen LogP contribution is -2.58. The molecule has 0 aromatic heterocycles. The van der Waals surface area contributed by atoms with Crippen molar-refractivity contribution in [2.45, 2.75) is 22.4 Å². The molecule has 0 spiro atoms. The van der Waals surface area contributed by atoms with E-state index in [4.69, 9.17) is 47.0 Å². The van der Waals surface area contributed by atoms with Crippen LogP contribution in [0.15, 0.2) is 36.4 Å². The van der Waals surface area contributed by atoms with E-state index in [-0.39, 0.29) is 22.7 Å². The molecule has 27 heavy (non-hydrogen) atoms. The van der Waals surface area contributed by atoms with Crippen LogP contribution in [0.3, 0.4) is 0 Å². The molecule has 2 atom stereocenters. The molecule has 0 radical (unpaired) electrons. The molecule has 1 aromatic rings. The SMILES string of the molecule is O=C(/C=C/c1ccccc1)N[C@H](NC(=S)N[C@H]1CCS(=O)(=O)C1)C(Cl)(Cl)Cl. The highest BCUT2D eigenvalue weighted by molar-refractivity contribution is 7.91. The Hall–Kier alpha value is -1.06. The van der Waals surface area contributed by atoms with E-state index in [1.54, 1.807) is 6.08 Å². The third kappa shape index (κ3) is 7.83. The van der Waals surface area contributed by atoms with Crippen LogP contribution in [0.4, 0.5) is 0 Å². The van der Waals surface area contributed by atoms with Crippen LogP contribution >= 0.6 is 47.0 Å². The first-order valence-electron chi connectivity index (χ1n) is 7.93. The molecule has 6 nitrogen and oxygen atoms in total. The molecule has 0 saturated carbocycles. The van der Waals surface area contributed by atoms with Crippen molar-refractivity contribution in [3.63, 3.8) is 0 Å². The third-order valence-electron chi connectivity index (χ3n) is 3.68. The van der Waals surface area contributed by atoms with E-state index in [0.29, 0.717) is 6.42 Å². The minimum atomic E-state index is -3.06. The van der Waals surface area contributed by atoms with Crippen molar-refractivity contribution in [2.24, 2.45) is 0 Å². The molecule has 148 valence electrons. The second-order valence-corrected chi connectivity index (χ2v) is 11.0. The number of halogens is 3. The van der Waals surface area contributed by atoms with Gasteiger partial charge in [-0.3, -0.25) is 4.79 Å². The van der Waals surface area contributed by atoms with E-state index in [1.807, 2.05) is 30.3 Å². The maximum absolute atomic E-state index is 12.1. The minimum absolute atomic E-state index is 0.0145. The largest absolute Gasteiger partial charge is 0.359 e. The monoisotopic (exact) mass is 469 g/mol. The smallest absolute Gasteiger partial charge is 0.245 e.